The van der Waals surface area contributed by atoms with Gasteiger partial charge in [0, 0.05) is 29.9 Å². The Labute approximate surface area is 201 Å². The number of aromatic nitrogens is 2. The third-order valence-corrected chi connectivity index (χ3v) is 5.26. The Balaban J connectivity index is 1.39. The van der Waals surface area contributed by atoms with Crippen molar-refractivity contribution >= 4 is 11.7 Å². The van der Waals surface area contributed by atoms with Crippen LogP contribution >= 0.6 is 0 Å². The Kier molecular flexibility index (Phi) is 5.96. The highest BCUT2D eigenvalue weighted by atomic mass is 19.3. The predicted molar refractivity (Wildman–Crippen MR) is 121 cm³/mol. The summed E-state index contributed by atoms with van der Waals surface area (Å²) in [5, 5.41) is 7.01. The van der Waals surface area contributed by atoms with Crippen molar-refractivity contribution in [1.29, 1.82) is 0 Å². The first-order chi connectivity index (χ1) is 17.3. The van der Waals surface area contributed by atoms with Crippen LogP contribution in [0.4, 0.5) is 28.0 Å². The van der Waals surface area contributed by atoms with Crippen LogP contribution in [0.1, 0.15) is 11.3 Å². The molecule has 7 nitrogen and oxygen atoms in total. The van der Waals surface area contributed by atoms with E-state index in [-0.39, 0.29) is 22.9 Å². The van der Waals surface area contributed by atoms with Crippen molar-refractivity contribution in [2.45, 2.75) is 19.3 Å². The van der Waals surface area contributed by atoms with Crippen LogP contribution < -0.4 is 19.5 Å². The van der Waals surface area contributed by atoms with E-state index in [9.17, 15) is 22.4 Å². The number of nitrogens with zero attached hydrogens (tertiary/aromatic N) is 2. The number of hydrogen-bond acceptors (Lipinski definition) is 5. The van der Waals surface area contributed by atoms with E-state index in [1.807, 2.05) is 30.3 Å². The molecular formula is C25H17F4N3O4. The molecule has 5 rings (SSSR count). The summed E-state index contributed by atoms with van der Waals surface area (Å²) in [6.07, 6.45) is -1.91. The number of ether oxygens (including phenoxy) is 3. The zero-order valence-electron chi connectivity index (χ0n) is 18.3. The molecule has 0 bridgehead atoms. The minimum Gasteiger partial charge on any atom is -0.435 e. The van der Waals surface area contributed by atoms with Crippen molar-refractivity contribution in [3.63, 3.8) is 0 Å². The molecule has 1 N–H and O–H groups in total. The highest BCUT2D eigenvalue weighted by Gasteiger charge is 2.43. The molecule has 1 amide bonds. The van der Waals surface area contributed by atoms with Crippen LogP contribution in [-0.2, 0) is 6.42 Å². The summed E-state index contributed by atoms with van der Waals surface area (Å²) in [5.41, 5.74) is 3.02. The molecule has 4 aromatic rings. The van der Waals surface area contributed by atoms with Crippen molar-refractivity contribution in [3.8, 4) is 28.4 Å². The molecule has 0 aliphatic carbocycles. The van der Waals surface area contributed by atoms with Crippen LogP contribution in [0, 0.1) is 0 Å². The first-order valence-electron chi connectivity index (χ1n) is 10.6. The molecule has 0 radical (unpaired) electrons. The van der Waals surface area contributed by atoms with Gasteiger partial charge in [-0.25, -0.2) is 4.79 Å². The number of alkyl halides is 4. The van der Waals surface area contributed by atoms with Crippen LogP contribution in [0.2, 0.25) is 0 Å². The molecule has 184 valence electrons. The van der Waals surface area contributed by atoms with Gasteiger partial charge in [0.05, 0.1) is 5.69 Å². The number of carbonyl (C=O) groups excluding carboxylic acids is 1. The van der Waals surface area contributed by atoms with Crippen LogP contribution in [-0.4, -0.2) is 28.7 Å². The molecule has 1 aliphatic heterocycles. The first-order valence-corrected chi connectivity index (χ1v) is 10.6. The van der Waals surface area contributed by atoms with Gasteiger partial charge in [0.1, 0.15) is 5.75 Å². The minimum atomic E-state index is -3.77. The van der Waals surface area contributed by atoms with Gasteiger partial charge in [-0.05, 0) is 35.4 Å². The topological polar surface area (TPSA) is 74.6 Å². The quantitative estimate of drug-likeness (QED) is 0.323. The summed E-state index contributed by atoms with van der Waals surface area (Å²) >= 11 is 0. The van der Waals surface area contributed by atoms with Gasteiger partial charge in [-0.3, -0.25) is 0 Å². The Morgan fingerprint density at radius 1 is 1.00 bits per heavy atom. The number of benzene rings is 3. The highest BCUT2D eigenvalue weighted by Crippen LogP contribution is 2.42. The van der Waals surface area contributed by atoms with E-state index >= 15 is 0 Å². The molecule has 0 unspecified atom stereocenters. The van der Waals surface area contributed by atoms with Gasteiger partial charge in [0.2, 0.25) is 0 Å². The molecule has 0 saturated carbocycles. The monoisotopic (exact) mass is 499 g/mol. The third-order valence-electron chi connectivity index (χ3n) is 5.26. The number of amides is 1. The average Bonchev–Trinajstić information content (AvgIpc) is 3.39. The predicted octanol–water partition coefficient (Wildman–Crippen LogP) is 6.14. The van der Waals surface area contributed by atoms with E-state index in [4.69, 9.17) is 0 Å². The summed E-state index contributed by atoms with van der Waals surface area (Å²) in [6, 6.07) is 18.6. The number of nitrogens with one attached hydrogen (secondary N) is 1. The van der Waals surface area contributed by atoms with Crippen LogP contribution in [0.15, 0.2) is 79.0 Å². The van der Waals surface area contributed by atoms with E-state index in [1.165, 1.54) is 30.3 Å². The number of halogens is 4. The lowest BCUT2D eigenvalue weighted by Crippen LogP contribution is -2.25. The average molecular weight is 499 g/mol. The fourth-order valence-corrected chi connectivity index (χ4v) is 3.69. The smallest absolute Gasteiger partial charge is 0.435 e. The molecule has 0 fully saturated rings. The molecular weight excluding hydrogens is 482 g/mol. The number of carbonyl (C=O) groups is 1. The standard InChI is InChI=1S/C25H17F4N3O4/c26-23(27)34-18-9-6-15(7-10-18)12-20-19(16-4-2-1-3-5-16)14-32(31-20)24(33)30-17-8-11-21-22(13-17)36-25(28,29)35-21/h1-11,13-14,23H,12H2,(H,30,33). The Morgan fingerprint density at radius 3 is 2.44 bits per heavy atom. The molecule has 1 aliphatic rings. The molecule has 36 heavy (non-hydrogen) atoms. The summed E-state index contributed by atoms with van der Waals surface area (Å²) in [5.74, 6) is -0.317. The van der Waals surface area contributed by atoms with Crippen LogP contribution in [0.25, 0.3) is 11.1 Å². The first kappa shape index (κ1) is 23.2. The van der Waals surface area contributed by atoms with Gasteiger partial charge in [-0.2, -0.15) is 18.6 Å². The minimum absolute atomic E-state index is 0.0310. The third kappa shape index (κ3) is 5.09. The lowest BCUT2D eigenvalue weighted by Gasteiger charge is -2.06. The maximum atomic E-state index is 13.3. The van der Waals surface area contributed by atoms with Gasteiger partial charge >= 0.3 is 18.9 Å². The van der Waals surface area contributed by atoms with Gasteiger partial charge in [0.15, 0.2) is 11.5 Å². The van der Waals surface area contributed by atoms with E-state index in [0.29, 0.717) is 17.7 Å². The van der Waals surface area contributed by atoms with Gasteiger partial charge in [-0.1, -0.05) is 42.5 Å². The number of fused-ring (bicyclic) bond motifs is 1. The van der Waals surface area contributed by atoms with Crippen molar-refractivity contribution in [3.05, 3.63) is 90.3 Å². The maximum Gasteiger partial charge on any atom is 0.586 e. The second-order valence-corrected chi connectivity index (χ2v) is 7.76. The van der Waals surface area contributed by atoms with E-state index < -0.39 is 18.9 Å². The molecule has 2 heterocycles. The van der Waals surface area contributed by atoms with Gasteiger partial charge in [-0.15, -0.1) is 8.78 Å². The number of hydrogen-bond donors (Lipinski definition) is 1. The Morgan fingerprint density at radius 2 is 1.72 bits per heavy atom. The van der Waals surface area contributed by atoms with Crippen LogP contribution in [0.5, 0.6) is 17.2 Å². The van der Waals surface area contributed by atoms with Crippen molar-refractivity contribution in [2.75, 3.05) is 5.32 Å². The lowest BCUT2D eigenvalue weighted by atomic mass is 10.0. The second kappa shape index (κ2) is 9.25. The van der Waals surface area contributed by atoms with E-state index in [2.05, 4.69) is 24.6 Å². The number of anilines is 1. The largest absolute Gasteiger partial charge is 0.586 e. The van der Waals surface area contributed by atoms with E-state index in [1.54, 1.807) is 18.3 Å². The Bertz CT molecular complexity index is 1390. The summed E-state index contributed by atoms with van der Waals surface area (Å²) in [7, 11) is 0. The van der Waals surface area contributed by atoms with Gasteiger partial charge < -0.3 is 19.5 Å². The molecule has 11 heteroatoms. The molecule has 3 aromatic carbocycles. The van der Waals surface area contributed by atoms with Crippen LogP contribution in [0.3, 0.4) is 0 Å². The van der Waals surface area contributed by atoms with E-state index in [0.717, 1.165) is 15.8 Å². The highest BCUT2D eigenvalue weighted by molar-refractivity contribution is 5.91. The second-order valence-electron chi connectivity index (χ2n) is 7.76. The molecule has 0 atom stereocenters. The Hall–Kier alpha value is -4.54. The SMILES string of the molecule is O=C(Nc1ccc2c(c1)OC(F)(F)O2)n1cc(-c2ccccc2)c(Cc2ccc(OC(F)F)cc2)n1. The molecule has 0 saturated heterocycles. The summed E-state index contributed by atoms with van der Waals surface area (Å²) in [6.45, 7) is -2.92. The zero-order valence-corrected chi connectivity index (χ0v) is 18.3. The maximum absolute atomic E-state index is 13.3. The lowest BCUT2D eigenvalue weighted by molar-refractivity contribution is -0.286. The molecule has 1 aromatic heterocycles. The summed E-state index contributed by atoms with van der Waals surface area (Å²) in [4.78, 5) is 12.9. The molecule has 0 spiro atoms. The normalized spacial score (nSPS) is 13.6. The summed E-state index contributed by atoms with van der Waals surface area (Å²) < 4.78 is 65.7. The number of rotatable bonds is 6. The van der Waals surface area contributed by atoms with Crippen molar-refractivity contribution < 1.29 is 36.6 Å². The van der Waals surface area contributed by atoms with Crippen molar-refractivity contribution in [1.82, 2.24) is 9.78 Å². The fourth-order valence-electron chi connectivity index (χ4n) is 3.69. The van der Waals surface area contributed by atoms with Crippen molar-refractivity contribution in [2.24, 2.45) is 0 Å². The van der Waals surface area contributed by atoms with Gasteiger partial charge in [0.25, 0.3) is 0 Å². The fraction of sp³-hybridized carbons (Fsp3) is 0.120. The zero-order chi connectivity index (χ0) is 25.3.